The Bertz CT molecular complexity index is 1200. The lowest BCUT2D eigenvalue weighted by Crippen LogP contribution is -2.06. The number of H-pyrrole nitrogens is 1. The number of hydrogen-bond acceptors (Lipinski definition) is 0. The van der Waals surface area contributed by atoms with Crippen LogP contribution in [0.25, 0.3) is 43.6 Å². The number of aromatic amines is 1. The van der Waals surface area contributed by atoms with E-state index < -0.39 is 0 Å². The highest BCUT2D eigenvalue weighted by Gasteiger charge is 2.12. The third-order valence-electron chi connectivity index (χ3n) is 4.76. The number of hydrogen-bond donors (Lipinski definition) is 0. The molecule has 0 spiro atoms. The van der Waals surface area contributed by atoms with E-state index in [0.29, 0.717) is 0 Å². The van der Waals surface area contributed by atoms with Gasteiger partial charge in [-0.15, -0.1) is 0 Å². The van der Waals surface area contributed by atoms with Crippen molar-refractivity contribution in [3.05, 3.63) is 91.1 Å². The molecule has 1 N–H and O–H groups in total. The lowest BCUT2D eigenvalue weighted by molar-refractivity contribution is -0.362. The Morgan fingerprint density at radius 1 is 0.500 bits per heavy atom. The average Bonchev–Trinajstić information content (AvgIpc) is 2.67. The van der Waals surface area contributed by atoms with Crippen LogP contribution < -0.4 is 4.98 Å². The van der Waals surface area contributed by atoms with Gasteiger partial charge in [0.15, 0.2) is 6.20 Å². The van der Waals surface area contributed by atoms with Gasteiger partial charge in [0.05, 0.1) is 5.56 Å². The Labute approximate surface area is 140 Å². The molecule has 0 radical (unpaired) electrons. The van der Waals surface area contributed by atoms with Crippen molar-refractivity contribution in [1.82, 2.24) is 0 Å². The topological polar surface area (TPSA) is 14.1 Å². The first-order valence-corrected chi connectivity index (χ1v) is 8.21. The quantitative estimate of drug-likeness (QED) is 0.356. The molecule has 1 heterocycles. The summed E-state index contributed by atoms with van der Waals surface area (Å²) in [5.41, 5.74) is 2.39. The van der Waals surface area contributed by atoms with Gasteiger partial charge in [0, 0.05) is 16.8 Å². The first kappa shape index (κ1) is 13.3. The maximum atomic E-state index is 3.48. The summed E-state index contributed by atoms with van der Waals surface area (Å²) in [7, 11) is 0. The van der Waals surface area contributed by atoms with Gasteiger partial charge in [0.25, 0.3) is 0 Å². The van der Waals surface area contributed by atoms with Crippen LogP contribution in [0.2, 0.25) is 0 Å². The number of pyridine rings is 1. The molecule has 5 rings (SSSR count). The van der Waals surface area contributed by atoms with Gasteiger partial charge in [0.2, 0.25) is 5.69 Å². The van der Waals surface area contributed by atoms with Gasteiger partial charge in [-0.1, -0.05) is 66.7 Å². The lowest BCUT2D eigenvalue weighted by atomic mass is 9.98. The van der Waals surface area contributed by atoms with Gasteiger partial charge in [-0.2, -0.15) is 0 Å². The third-order valence-corrected chi connectivity index (χ3v) is 4.76. The molecule has 1 nitrogen and oxygen atoms in total. The lowest BCUT2D eigenvalue weighted by Gasteiger charge is -2.05. The van der Waals surface area contributed by atoms with Crippen LogP contribution in [0.3, 0.4) is 0 Å². The average molecular weight is 306 g/mol. The van der Waals surface area contributed by atoms with Gasteiger partial charge in [-0.25, -0.2) is 4.98 Å². The molecule has 0 aliphatic rings. The molecular formula is C23H16N+. The highest BCUT2D eigenvalue weighted by atomic mass is 14.7. The van der Waals surface area contributed by atoms with E-state index in [0.717, 1.165) is 5.69 Å². The molecule has 0 bridgehead atoms. The number of rotatable bonds is 1. The normalized spacial score (nSPS) is 11.3. The molecule has 112 valence electrons. The van der Waals surface area contributed by atoms with Crippen molar-refractivity contribution < 1.29 is 4.98 Å². The zero-order valence-electron chi connectivity index (χ0n) is 13.2. The highest BCUT2D eigenvalue weighted by Crippen LogP contribution is 2.30. The Kier molecular flexibility index (Phi) is 2.86. The van der Waals surface area contributed by atoms with Gasteiger partial charge in [-0.3, -0.25) is 0 Å². The summed E-state index contributed by atoms with van der Waals surface area (Å²) < 4.78 is 0. The molecule has 0 aliphatic heterocycles. The molecule has 0 unspecified atom stereocenters. The van der Waals surface area contributed by atoms with Crippen LogP contribution in [-0.2, 0) is 0 Å². The maximum absolute atomic E-state index is 3.48. The first-order valence-electron chi connectivity index (χ1n) is 8.21. The molecular weight excluding hydrogens is 290 g/mol. The van der Waals surface area contributed by atoms with Crippen molar-refractivity contribution in [3.8, 4) is 11.3 Å². The first-order chi connectivity index (χ1) is 11.9. The second kappa shape index (κ2) is 5.17. The zero-order chi connectivity index (χ0) is 15.9. The van der Waals surface area contributed by atoms with E-state index in [9.17, 15) is 0 Å². The van der Waals surface area contributed by atoms with Crippen LogP contribution in [0.5, 0.6) is 0 Å². The van der Waals surface area contributed by atoms with Gasteiger partial charge in [0.1, 0.15) is 0 Å². The molecule has 24 heavy (non-hydrogen) atoms. The summed E-state index contributed by atoms with van der Waals surface area (Å²) in [6, 6.07) is 30.2. The molecule has 5 aromatic rings. The Morgan fingerprint density at radius 2 is 1.17 bits per heavy atom. The van der Waals surface area contributed by atoms with Crippen molar-refractivity contribution in [2.45, 2.75) is 0 Å². The van der Waals surface area contributed by atoms with Crippen LogP contribution in [0.15, 0.2) is 91.1 Å². The molecule has 1 aromatic heterocycles. The van der Waals surface area contributed by atoms with E-state index in [1.54, 1.807) is 0 Å². The zero-order valence-corrected chi connectivity index (χ0v) is 13.2. The number of benzene rings is 4. The summed E-state index contributed by atoms with van der Waals surface area (Å²) in [4.78, 5) is 3.48. The number of fused-ring (bicyclic) bond motifs is 4. The molecule has 4 aromatic carbocycles. The summed E-state index contributed by atoms with van der Waals surface area (Å²) in [5.74, 6) is 0. The largest absolute Gasteiger partial charge is 0.212 e. The number of nitrogens with one attached hydrogen (secondary N) is 1. The fraction of sp³-hybridized carbons (Fsp3) is 0. The van der Waals surface area contributed by atoms with E-state index in [1.165, 1.54) is 37.9 Å². The van der Waals surface area contributed by atoms with Crippen LogP contribution in [-0.4, -0.2) is 0 Å². The summed E-state index contributed by atoms with van der Waals surface area (Å²) in [6.07, 6.45) is 2.11. The van der Waals surface area contributed by atoms with Gasteiger partial charge >= 0.3 is 0 Å². The minimum atomic E-state index is 1.15. The predicted octanol–water partition coefficient (Wildman–Crippen LogP) is 5.63. The maximum Gasteiger partial charge on any atom is 0.212 e. The van der Waals surface area contributed by atoms with Crippen LogP contribution >= 0.6 is 0 Å². The Balaban J connectivity index is 1.85. The monoisotopic (exact) mass is 306 g/mol. The van der Waals surface area contributed by atoms with Crippen molar-refractivity contribution in [1.29, 1.82) is 0 Å². The SMILES string of the molecule is c1ccc2c(-c3cc4c(ccc5ccccc54)c[nH+]3)cccc2c1. The fourth-order valence-electron chi connectivity index (χ4n) is 3.56. The fourth-order valence-corrected chi connectivity index (χ4v) is 3.56. The van der Waals surface area contributed by atoms with Gasteiger partial charge < -0.3 is 0 Å². The Hall–Kier alpha value is -3.19. The smallest absolute Gasteiger partial charge is 0.210 e. The van der Waals surface area contributed by atoms with Crippen LogP contribution in [0.1, 0.15) is 0 Å². The summed E-state index contributed by atoms with van der Waals surface area (Å²) >= 11 is 0. The van der Waals surface area contributed by atoms with Crippen molar-refractivity contribution >= 4 is 32.3 Å². The third kappa shape index (κ3) is 1.99. The standard InChI is InChI=1S/C23H15N/c1-3-9-19-16(6-1)8-5-11-21(19)23-14-22-18(15-24-23)13-12-17-7-2-4-10-20(17)22/h1-15H/p+1. The highest BCUT2D eigenvalue weighted by molar-refractivity contribution is 6.08. The van der Waals surface area contributed by atoms with E-state index in [1.807, 2.05) is 0 Å². The van der Waals surface area contributed by atoms with Crippen LogP contribution in [0, 0.1) is 0 Å². The molecule has 0 amide bonds. The molecule has 0 fully saturated rings. The number of aromatic nitrogens is 1. The van der Waals surface area contributed by atoms with E-state index in [2.05, 4.69) is 96.1 Å². The predicted molar refractivity (Wildman–Crippen MR) is 101 cm³/mol. The van der Waals surface area contributed by atoms with E-state index in [4.69, 9.17) is 0 Å². The second-order valence-corrected chi connectivity index (χ2v) is 6.16. The molecule has 1 heteroatoms. The van der Waals surface area contributed by atoms with Crippen molar-refractivity contribution in [3.63, 3.8) is 0 Å². The van der Waals surface area contributed by atoms with Crippen molar-refractivity contribution in [2.24, 2.45) is 0 Å². The van der Waals surface area contributed by atoms with Crippen LogP contribution in [0.4, 0.5) is 0 Å². The second-order valence-electron chi connectivity index (χ2n) is 6.16. The summed E-state index contributed by atoms with van der Waals surface area (Å²) in [6.45, 7) is 0. The molecule has 0 saturated carbocycles. The van der Waals surface area contributed by atoms with Gasteiger partial charge in [-0.05, 0) is 33.7 Å². The Morgan fingerprint density at radius 3 is 2.04 bits per heavy atom. The summed E-state index contributed by atoms with van der Waals surface area (Å²) in [5, 5.41) is 7.63. The molecule has 0 saturated heterocycles. The van der Waals surface area contributed by atoms with E-state index >= 15 is 0 Å². The van der Waals surface area contributed by atoms with E-state index in [-0.39, 0.29) is 0 Å². The molecule has 0 atom stereocenters. The van der Waals surface area contributed by atoms with Crippen molar-refractivity contribution in [2.75, 3.05) is 0 Å². The minimum Gasteiger partial charge on any atom is -0.210 e. The minimum absolute atomic E-state index is 1.15. The molecule has 0 aliphatic carbocycles.